The van der Waals surface area contributed by atoms with Crippen molar-refractivity contribution >= 4 is 11.7 Å². The average Bonchev–Trinajstić information content (AvgIpc) is 3.51. The largest absolute Gasteiger partial charge is 0.868 e. The molecule has 0 radical (unpaired) electrons. The molecule has 1 amide bonds. The Morgan fingerprint density at radius 2 is 1.76 bits per heavy atom. The van der Waals surface area contributed by atoms with Crippen molar-refractivity contribution in [2.45, 2.75) is 19.4 Å². The summed E-state index contributed by atoms with van der Waals surface area (Å²) in [6, 6.07) is 17.2. The summed E-state index contributed by atoms with van der Waals surface area (Å²) in [5, 5.41) is 13.0. The molecule has 2 aromatic carbocycles. The van der Waals surface area contributed by atoms with E-state index in [-0.39, 0.29) is 11.3 Å². The summed E-state index contributed by atoms with van der Waals surface area (Å²) in [5.41, 5.74) is 1.63. The van der Waals surface area contributed by atoms with Crippen molar-refractivity contribution in [3.8, 4) is 11.5 Å². The number of benzene rings is 2. The Morgan fingerprint density at radius 1 is 1.03 bits per heavy atom. The SMILES string of the molecule is Cc1ccccc1OCCOc1ccc(C2C(C(=O)c3ccco3)=C([O-])C(=O)N2CCC[NH+](C)C)cc1. The third-order valence-electron chi connectivity index (χ3n) is 6.25. The fourth-order valence-corrected chi connectivity index (χ4v) is 4.37. The first-order valence-electron chi connectivity index (χ1n) is 12.4. The number of Topliss-reactive ketones (excluding diaryl/α,β-unsaturated/α-hetero) is 1. The number of furan rings is 1. The van der Waals surface area contributed by atoms with Crippen molar-refractivity contribution in [1.29, 1.82) is 0 Å². The van der Waals surface area contributed by atoms with Crippen LogP contribution in [-0.4, -0.2) is 57.0 Å². The third kappa shape index (κ3) is 6.03. The summed E-state index contributed by atoms with van der Waals surface area (Å²) in [7, 11) is 4.05. The summed E-state index contributed by atoms with van der Waals surface area (Å²) in [4.78, 5) is 28.9. The zero-order chi connectivity index (χ0) is 26.4. The Balaban J connectivity index is 1.49. The van der Waals surface area contributed by atoms with Crippen LogP contribution in [0.25, 0.3) is 0 Å². The Labute approximate surface area is 216 Å². The van der Waals surface area contributed by atoms with E-state index in [2.05, 4.69) is 0 Å². The topological polar surface area (TPSA) is 96.5 Å². The first kappa shape index (κ1) is 26.0. The summed E-state index contributed by atoms with van der Waals surface area (Å²) >= 11 is 0. The number of carbonyl (C=O) groups excluding carboxylic acids is 2. The van der Waals surface area contributed by atoms with Gasteiger partial charge in [0.2, 0.25) is 11.7 Å². The monoisotopic (exact) mass is 504 g/mol. The molecule has 194 valence electrons. The number of hydrogen-bond acceptors (Lipinski definition) is 6. The molecule has 0 saturated heterocycles. The summed E-state index contributed by atoms with van der Waals surface area (Å²) in [6.07, 6.45) is 2.07. The van der Waals surface area contributed by atoms with Crippen LogP contribution in [0.15, 0.2) is 82.7 Å². The van der Waals surface area contributed by atoms with Crippen LogP contribution < -0.4 is 19.5 Å². The minimum Gasteiger partial charge on any atom is -0.868 e. The molecule has 0 fully saturated rings. The molecule has 3 aromatic rings. The van der Waals surface area contributed by atoms with Gasteiger partial charge in [0.1, 0.15) is 24.7 Å². The highest BCUT2D eigenvalue weighted by molar-refractivity contribution is 6.14. The van der Waals surface area contributed by atoms with Gasteiger partial charge in [0.15, 0.2) is 5.76 Å². The van der Waals surface area contributed by atoms with E-state index in [0.29, 0.717) is 37.5 Å². The van der Waals surface area contributed by atoms with E-state index >= 15 is 0 Å². The van der Waals surface area contributed by atoms with Gasteiger partial charge in [-0.05, 0) is 54.1 Å². The van der Waals surface area contributed by atoms with E-state index in [9.17, 15) is 14.7 Å². The van der Waals surface area contributed by atoms with E-state index in [1.807, 2.05) is 45.3 Å². The minimum atomic E-state index is -0.784. The van der Waals surface area contributed by atoms with Gasteiger partial charge >= 0.3 is 0 Å². The highest BCUT2D eigenvalue weighted by Crippen LogP contribution is 2.38. The number of para-hydroxylation sites is 1. The molecule has 2 heterocycles. The molecule has 1 aromatic heterocycles. The van der Waals surface area contributed by atoms with Crippen LogP contribution in [0.4, 0.5) is 0 Å². The van der Waals surface area contributed by atoms with E-state index in [4.69, 9.17) is 13.9 Å². The Bertz CT molecular complexity index is 1250. The van der Waals surface area contributed by atoms with Crippen LogP contribution in [0, 0.1) is 6.92 Å². The molecule has 37 heavy (non-hydrogen) atoms. The number of nitrogens with one attached hydrogen (secondary N) is 1. The molecule has 0 bridgehead atoms. The van der Waals surface area contributed by atoms with Crippen LogP contribution in [-0.2, 0) is 4.79 Å². The molecule has 8 nitrogen and oxygen atoms in total. The molecule has 1 N–H and O–H groups in total. The average molecular weight is 505 g/mol. The number of nitrogens with zero attached hydrogens (tertiary/aromatic N) is 1. The molecule has 0 spiro atoms. The number of aryl methyl sites for hydroxylation is 1. The molecule has 0 saturated carbocycles. The van der Waals surface area contributed by atoms with Crippen molar-refractivity contribution in [1.82, 2.24) is 4.90 Å². The van der Waals surface area contributed by atoms with Crippen molar-refractivity contribution in [3.05, 3.63) is 95.1 Å². The lowest BCUT2D eigenvalue weighted by Gasteiger charge is -2.28. The quantitative estimate of drug-likeness (QED) is 0.299. The highest BCUT2D eigenvalue weighted by Gasteiger charge is 2.40. The van der Waals surface area contributed by atoms with Crippen LogP contribution in [0.1, 0.15) is 34.1 Å². The van der Waals surface area contributed by atoms with Crippen molar-refractivity contribution in [2.75, 3.05) is 40.4 Å². The second-order valence-electron chi connectivity index (χ2n) is 9.29. The number of amides is 1. The number of quaternary nitrogens is 1. The predicted octanol–water partition coefficient (Wildman–Crippen LogP) is 1.96. The van der Waals surface area contributed by atoms with Crippen molar-refractivity contribution in [3.63, 3.8) is 0 Å². The zero-order valence-electron chi connectivity index (χ0n) is 21.4. The van der Waals surface area contributed by atoms with Gasteiger partial charge in [-0.3, -0.25) is 9.59 Å². The van der Waals surface area contributed by atoms with Gasteiger partial charge in [-0.15, -0.1) is 0 Å². The van der Waals surface area contributed by atoms with Gasteiger partial charge in [0, 0.05) is 18.5 Å². The fraction of sp³-hybridized carbons (Fsp3) is 0.310. The van der Waals surface area contributed by atoms with Crippen molar-refractivity contribution in [2.24, 2.45) is 0 Å². The zero-order valence-corrected chi connectivity index (χ0v) is 21.4. The van der Waals surface area contributed by atoms with Crippen molar-refractivity contribution < 1.29 is 33.5 Å². The van der Waals surface area contributed by atoms with Gasteiger partial charge in [0.05, 0.1) is 32.9 Å². The second kappa shape index (κ2) is 11.8. The smallest absolute Gasteiger partial charge is 0.239 e. The number of rotatable bonds is 12. The lowest BCUT2D eigenvalue weighted by atomic mass is 9.95. The Morgan fingerprint density at radius 3 is 2.43 bits per heavy atom. The fourth-order valence-electron chi connectivity index (χ4n) is 4.37. The normalized spacial score (nSPS) is 15.5. The molecule has 8 heteroatoms. The molecule has 1 atom stereocenters. The second-order valence-corrected chi connectivity index (χ2v) is 9.29. The molecule has 0 aliphatic carbocycles. The van der Waals surface area contributed by atoms with Gasteiger partial charge < -0.3 is 28.8 Å². The number of ketones is 1. The van der Waals surface area contributed by atoms with Crippen LogP contribution in [0.5, 0.6) is 11.5 Å². The van der Waals surface area contributed by atoms with E-state index < -0.39 is 23.5 Å². The van der Waals surface area contributed by atoms with E-state index in [1.54, 1.807) is 30.3 Å². The van der Waals surface area contributed by atoms with Gasteiger partial charge in [0.25, 0.3) is 0 Å². The molecule has 1 aliphatic rings. The lowest BCUT2D eigenvalue weighted by molar-refractivity contribution is -0.858. The number of carbonyl (C=O) groups is 2. The van der Waals surface area contributed by atoms with Crippen LogP contribution in [0.3, 0.4) is 0 Å². The molecule has 1 unspecified atom stereocenters. The first-order chi connectivity index (χ1) is 17.9. The van der Waals surface area contributed by atoms with Gasteiger partial charge in [-0.2, -0.15) is 0 Å². The molecular formula is C29H32N2O6. The summed E-state index contributed by atoms with van der Waals surface area (Å²) < 4.78 is 16.8. The molecule has 1 aliphatic heterocycles. The standard InChI is InChI=1S/C29H32N2O6/c1-20-8-4-5-9-23(20)37-19-18-35-22-13-11-21(12-14-22)26-25(27(32)24-10-6-17-36-24)28(33)29(34)31(26)16-7-15-30(2)3/h4-6,8-14,17,26,33H,7,15-16,18-19H2,1-3H3. The minimum absolute atomic E-state index is 0.0364. The number of hydrogen-bond donors (Lipinski definition) is 1. The lowest BCUT2D eigenvalue weighted by Crippen LogP contribution is -3.05. The summed E-state index contributed by atoms with van der Waals surface area (Å²) in [5.74, 6) is -0.538. The predicted molar refractivity (Wildman–Crippen MR) is 135 cm³/mol. The van der Waals surface area contributed by atoms with Crippen LogP contribution >= 0.6 is 0 Å². The number of ether oxygens (including phenoxy) is 2. The van der Waals surface area contributed by atoms with Crippen LogP contribution in [0.2, 0.25) is 0 Å². The highest BCUT2D eigenvalue weighted by atomic mass is 16.5. The first-order valence-corrected chi connectivity index (χ1v) is 12.4. The van der Waals surface area contributed by atoms with Gasteiger partial charge in [-0.25, -0.2) is 0 Å². The van der Waals surface area contributed by atoms with E-state index in [0.717, 1.165) is 17.9 Å². The van der Waals surface area contributed by atoms with Gasteiger partial charge in [-0.1, -0.05) is 30.3 Å². The Kier molecular flexibility index (Phi) is 8.30. The molecular weight excluding hydrogens is 472 g/mol. The maximum atomic E-state index is 13.2. The van der Waals surface area contributed by atoms with E-state index in [1.165, 1.54) is 22.1 Å². The maximum Gasteiger partial charge on any atom is 0.239 e. The molecule has 4 rings (SSSR count). The summed E-state index contributed by atoms with van der Waals surface area (Å²) in [6.45, 7) is 3.91. The third-order valence-corrected chi connectivity index (χ3v) is 6.25. The maximum absolute atomic E-state index is 13.2. The Hall–Kier alpha value is -4.04.